The zero-order valence-electron chi connectivity index (χ0n) is 11.8. The zero-order valence-corrected chi connectivity index (χ0v) is 13.3. The van der Waals surface area contributed by atoms with Crippen molar-refractivity contribution in [2.75, 3.05) is 11.9 Å². The van der Waals surface area contributed by atoms with Crippen LogP contribution in [0.4, 0.5) is 10.1 Å². The van der Waals surface area contributed by atoms with Gasteiger partial charge in [-0.3, -0.25) is 9.59 Å². The van der Waals surface area contributed by atoms with E-state index in [4.69, 9.17) is 27.9 Å². The van der Waals surface area contributed by atoms with Crippen LogP contribution < -0.4 is 5.32 Å². The summed E-state index contributed by atoms with van der Waals surface area (Å²) in [5, 5.41) is 3.01. The Balaban J connectivity index is 1.83. The van der Waals surface area contributed by atoms with Crippen molar-refractivity contribution in [3.8, 4) is 0 Å². The fourth-order valence-corrected chi connectivity index (χ4v) is 2.10. The number of ether oxygens (including phenoxy) is 1. The Morgan fingerprint density at radius 3 is 2.48 bits per heavy atom. The van der Waals surface area contributed by atoms with Gasteiger partial charge in [0.25, 0.3) is 5.91 Å². The molecular formula is C16H12Cl2FNO3. The lowest BCUT2D eigenvalue weighted by molar-refractivity contribution is -0.146. The third kappa shape index (κ3) is 5.23. The van der Waals surface area contributed by atoms with E-state index in [9.17, 15) is 14.0 Å². The molecule has 1 amide bonds. The Hall–Kier alpha value is -2.11. The smallest absolute Gasteiger partial charge is 0.310 e. The average molecular weight is 356 g/mol. The quantitative estimate of drug-likeness (QED) is 0.828. The highest BCUT2D eigenvalue weighted by molar-refractivity contribution is 6.43. The normalized spacial score (nSPS) is 10.2. The Labute approximate surface area is 142 Å². The van der Waals surface area contributed by atoms with Gasteiger partial charge in [-0.15, -0.1) is 0 Å². The van der Waals surface area contributed by atoms with Crippen molar-refractivity contribution in [3.05, 3.63) is 63.9 Å². The van der Waals surface area contributed by atoms with E-state index in [0.717, 1.165) is 0 Å². The minimum Gasteiger partial charge on any atom is -0.455 e. The van der Waals surface area contributed by atoms with Crippen LogP contribution in [-0.2, 0) is 20.7 Å². The molecule has 120 valence electrons. The first-order chi connectivity index (χ1) is 11.0. The number of rotatable bonds is 5. The summed E-state index contributed by atoms with van der Waals surface area (Å²) in [6, 6.07) is 10.2. The highest BCUT2D eigenvalue weighted by Gasteiger charge is 2.11. The van der Waals surface area contributed by atoms with Crippen LogP contribution in [0, 0.1) is 5.82 Å². The van der Waals surface area contributed by atoms with E-state index in [1.165, 1.54) is 24.3 Å². The molecule has 2 aromatic carbocycles. The Bertz CT molecular complexity index is 720. The van der Waals surface area contributed by atoms with Gasteiger partial charge in [0.1, 0.15) is 5.82 Å². The highest BCUT2D eigenvalue weighted by atomic mass is 35.5. The number of hydrogen-bond donors (Lipinski definition) is 1. The molecule has 0 bridgehead atoms. The van der Waals surface area contributed by atoms with Crippen LogP contribution in [0.1, 0.15) is 5.56 Å². The molecule has 0 aliphatic carbocycles. The zero-order chi connectivity index (χ0) is 16.8. The van der Waals surface area contributed by atoms with Crippen molar-refractivity contribution >= 4 is 40.8 Å². The minimum absolute atomic E-state index is 0.0501. The van der Waals surface area contributed by atoms with Crippen molar-refractivity contribution in [1.82, 2.24) is 0 Å². The fourth-order valence-electron chi connectivity index (χ4n) is 1.75. The number of carbonyl (C=O) groups excluding carboxylic acids is 2. The molecule has 0 heterocycles. The lowest BCUT2D eigenvalue weighted by atomic mass is 10.1. The van der Waals surface area contributed by atoms with Gasteiger partial charge in [0, 0.05) is 0 Å². The van der Waals surface area contributed by atoms with Gasteiger partial charge in [0.15, 0.2) is 6.61 Å². The van der Waals surface area contributed by atoms with E-state index >= 15 is 0 Å². The average Bonchev–Trinajstić information content (AvgIpc) is 2.52. The van der Waals surface area contributed by atoms with E-state index in [-0.39, 0.29) is 17.3 Å². The molecule has 0 unspecified atom stereocenters. The van der Waals surface area contributed by atoms with Crippen LogP contribution in [0.15, 0.2) is 42.5 Å². The molecule has 0 aliphatic heterocycles. The molecule has 23 heavy (non-hydrogen) atoms. The maximum atomic E-state index is 12.8. The Kier molecular flexibility index (Phi) is 5.96. The largest absolute Gasteiger partial charge is 0.455 e. The van der Waals surface area contributed by atoms with Gasteiger partial charge in [0.05, 0.1) is 22.2 Å². The van der Waals surface area contributed by atoms with E-state index in [1.807, 2.05) is 0 Å². The number of halogens is 3. The highest BCUT2D eigenvalue weighted by Crippen LogP contribution is 2.29. The molecule has 7 heteroatoms. The topological polar surface area (TPSA) is 55.4 Å². The van der Waals surface area contributed by atoms with Gasteiger partial charge < -0.3 is 10.1 Å². The third-order valence-electron chi connectivity index (χ3n) is 2.85. The number of anilines is 1. The summed E-state index contributed by atoms with van der Waals surface area (Å²) < 4.78 is 17.6. The van der Waals surface area contributed by atoms with Gasteiger partial charge in [-0.1, -0.05) is 41.4 Å². The molecule has 0 saturated carbocycles. The molecule has 0 aliphatic rings. The van der Waals surface area contributed by atoms with Crippen molar-refractivity contribution in [3.63, 3.8) is 0 Å². The van der Waals surface area contributed by atoms with Gasteiger partial charge in [-0.25, -0.2) is 4.39 Å². The standard InChI is InChI=1S/C16H12Cl2FNO3/c17-12-2-1-3-13(16(12)18)20-14(21)9-23-15(22)8-10-4-6-11(19)7-5-10/h1-7H,8-9H2,(H,20,21). The molecule has 0 aromatic heterocycles. The lowest BCUT2D eigenvalue weighted by Gasteiger charge is -2.09. The van der Waals surface area contributed by atoms with Gasteiger partial charge in [0.2, 0.25) is 0 Å². The maximum Gasteiger partial charge on any atom is 0.310 e. The second-order valence-corrected chi connectivity index (χ2v) is 5.40. The summed E-state index contributed by atoms with van der Waals surface area (Å²) in [5.74, 6) is -1.52. The molecule has 1 N–H and O–H groups in total. The van der Waals surface area contributed by atoms with Crippen molar-refractivity contribution in [2.45, 2.75) is 6.42 Å². The van der Waals surface area contributed by atoms with E-state index in [2.05, 4.69) is 5.32 Å². The first kappa shape index (κ1) is 17.2. The minimum atomic E-state index is -0.594. The first-order valence-corrected chi connectivity index (χ1v) is 7.35. The second kappa shape index (κ2) is 7.94. The van der Waals surface area contributed by atoms with E-state index < -0.39 is 18.5 Å². The second-order valence-electron chi connectivity index (χ2n) is 4.61. The fraction of sp³-hybridized carbons (Fsp3) is 0.125. The Morgan fingerprint density at radius 2 is 1.78 bits per heavy atom. The van der Waals surface area contributed by atoms with Crippen molar-refractivity contribution in [2.24, 2.45) is 0 Å². The van der Waals surface area contributed by atoms with Crippen LogP contribution in [0.3, 0.4) is 0 Å². The van der Waals surface area contributed by atoms with Crippen molar-refractivity contribution in [1.29, 1.82) is 0 Å². The van der Waals surface area contributed by atoms with Gasteiger partial charge >= 0.3 is 5.97 Å². The van der Waals surface area contributed by atoms with Crippen LogP contribution in [0.5, 0.6) is 0 Å². The summed E-state index contributed by atoms with van der Waals surface area (Å²) >= 11 is 11.8. The molecular weight excluding hydrogens is 344 g/mol. The predicted octanol–water partition coefficient (Wildman–Crippen LogP) is 3.86. The molecule has 2 aromatic rings. The van der Waals surface area contributed by atoms with E-state index in [1.54, 1.807) is 18.2 Å². The van der Waals surface area contributed by atoms with E-state index in [0.29, 0.717) is 16.3 Å². The summed E-state index contributed by atoms with van der Waals surface area (Å²) in [5.41, 5.74) is 0.924. The summed E-state index contributed by atoms with van der Waals surface area (Å²) in [4.78, 5) is 23.4. The Morgan fingerprint density at radius 1 is 1.09 bits per heavy atom. The summed E-state index contributed by atoms with van der Waals surface area (Å²) in [6.07, 6.45) is -0.0501. The van der Waals surface area contributed by atoms with Crippen LogP contribution in [-0.4, -0.2) is 18.5 Å². The molecule has 0 spiro atoms. The van der Waals surface area contributed by atoms with Crippen LogP contribution in [0.2, 0.25) is 10.0 Å². The maximum absolute atomic E-state index is 12.8. The van der Waals surface area contributed by atoms with Gasteiger partial charge in [-0.05, 0) is 29.8 Å². The third-order valence-corrected chi connectivity index (χ3v) is 3.67. The molecule has 0 saturated heterocycles. The summed E-state index contributed by atoms with van der Waals surface area (Å²) in [7, 11) is 0. The first-order valence-electron chi connectivity index (χ1n) is 6.59. The molecule has 0 radical (unpaired) electrons. The number of nitrogens with one attached hydrogen (secondary N) is 1. The molecule has 2 rings (SSSR count). The number of benzene rings is 2. The molecule has 0 fully saturated rings. The SMILES string of the molecule is O=C(COC(=O)Cc1ccc(F)cc1)Nc1cccc(Cl)c1Cl. The molecule has 4 nitrogen and oxygen atoms in total. The van der Waals surface area contributed by atoms with Gasteiger partial charge in [-0.2, -0.15) is 0 Å². The lowest BCUT2D eigenvalue weighted by Crippen LogP contribution is -2.21. The molecule has 0 atom stereocenters. The van der Waals surface area contributed by atoms with Crippen LogP contribution in [0.25, 0.3) is 0 Å². The monoisotopic (exact) mass is 355 g/mol. The van der Waals surface area contributed by atoms with Crippen molar-refractivity contribution < 1.29 is 18.7 Å². The van der Waals surface area contributed by atoms with Crippen LogP contribution >= 0.6 is 23.2 Å². The number of carbonyl (C=O) groups is 2. The number of amides is 1. The number of hydrogen-bond acceptors (Lipinski definition) is 3. The predicted molar refractivity (Wildman–Crippen MR) is 86.2 cm³/mol. The number of esters is 1. The summed E-state index contributed by atoms with van der Waals surface area (Å²) in [6.45, 7) is -0.455.